The zero-order chi connectivity index (χ0) is 32.9. The third-order valence-corrected chi connectivity index (χ3v) is 8.92. The summed E-state index contributed by atoms with van der Waals surface area (Å²) in [6.45, 7) is 15.0. The Morgan fingerprint density at radius 3 is 2.38 bits per heavy atom. The van der Waals surface area contributed by atoms with Crippen LogP contribution in [-0.2, 0) is 16.0 Å². The highest BCUT2D eigenvalue weighted by atomic mass is 19.1. The highest BCUT2D eigenvalue weighted by molar-refractivity contribution is 5.92. The molecule has 0 aliphatic carbocycles. The zero-order valence-corrected chi connectivity index (χ0v) is 27.8. The number of aryl methyl sites for hydroxylation is 2. The minimum absolute atomic E-state index is 0.119. The second kappa shape index (κ2) is 14.4. The quantitative estimate of drug-likeness (QED) is 0.291. The highest BCUT2D eigenvalue weighted by Gasteiger charge is 2.41. The van der Waals surface area contributed by atoms with Crippen molar-refractivity contribution in [2.75, 3.05) is 19.6 Å². The smallest absolute Gasteiger partial charge is 0.274 e. The Morgan fingerprint density at radius 2 is 1.76 bits per heavy atom. The maximum absolute atomic E-state index is 14.1. The Labute approximate surface area is 267 Å². The fraction of sp³-hybridized carbons (Fsp3) is 0.500. The predicted molar refractivity (Wildman–Crippen MR) is 175 cm³/mol. The lowest BCUT2D eigenvalue weighted by molar-refractivity contribution is -0.141. The molecule has 242 valence electrons. The first-order chi connectivity index (χ1) is 21.3. The second-order valence-corrected chi connectivity index (χ2v) is 13.5. The number of halogens is 1. The molecule has 8 nitrogen and oxygen atoms in total. The Morgan fingerprint density at radius 1 is 1.09 bits per heavy atom. The van der Waals surface area contributed by atoms with E-state index in [0.29, 0.717) is 38.2 Å². The number of rotatable bonds is 11. The van der Waals surface area contributed by atoms with Gasteiger partial charge in [0.15, 0.2) is 0 Å². The minimum atomic E-state index is -0.684. The van der Waals surface area contributed by atoms with Crippen LogP contribution in [0.4, 0.5) is 4.39 Å². The number of para-hydroxylation sites is 1. The van der Waals surface area contributed by atoms with Crippen molar-refractivity contribution in [3.05, 3.63) is 83.2 Å². The van der Waals surface area contributed by atoms with Crippen LogP contribution in [0.1, 0.15) is 81.1 Å². The summed E-state index contributed by atoms with van der Waals surface area (Å²) in [5.74, 6) is -0.972. The average Bonchev–Trinajstić information content (AvgIpc) is 3.67. The molecule has 1 saturated heterocycles. The Bertz CT molecular complexity index is 1470. The van der Waals surface area contributed by atoms with Gasteiger partial charge in [0.2, 0.25) is 11.8 Å². The molecule has 4 rings (SSSR count). The minimum Gasteiger partial charge on any atom is -0.344 e. The van der Waals surface area contributed by atoms with E-state index in [-0.39, 0.29) is 35.5 Å². The molecule has 1 N–H and O–H groups in total. The standard InChI is InChI=1S/C36H48FN5O3/c1-8-24(2)33(43)39-32(36(5,6)7)35(45)42-19-10-13-29(42)21-40(20-18-27-14-16-28(37)17-15-27)34(44)30-22-41(23-38-30)31-25(3)11-9-12-26(31)4/h9,11-12,14-17,22-24,29,32H,8,10,13,18-21H2,1-7H3,(H,39,43)/t24-,29+,32-/m1/s1. The molecule has 2 aromatic carbocycles. The molecule has 0 radical (unpaired) electrons. The van der Waals surface area contributed by atoms with Crippen LogP contribution in [0.25, 0.3) is 5.69 Å². The summed E-state index contributed by atoms with van der Waals surface area (Å²) in [4.78, 5) is 49.1. The molecular weight excluding hydrogens is 569 g/mol. The Balaban J connectivity index is 1.59. The van der Waals surface area contributed by atoms with E-state index < -0.39 is 11.5 Å². The van der Waals surface area contributed by atoms with Gasteiger partial charge in [0.05, 0.1) is 5.69 Å². The number of benzene rings is 2. The number of carbonyl (C=O) groups excluding carboxylic acids is 3. The molecule has 1 aliphatic heterocycles. The van der Waals surface area contributed by atoms with Crippen LogP contribution in [0.15, 0.2) is 55.0 Å². The monoisotopic (exact) mass is 617 g/mol. The summed E-state index contributed by atoms with van der Waals surface area (Å²) in [6, 6.07) is 11.5. The van der Waals surface area contributed by atoms with Crippen molar-refractivity contribution in [1.82, 2.24) is 24.7 Å². The molecule has 1 aromatic heterocycles. The summed E-state index contributed by atoms with van der Waals surface area (Å²) in [5.41, 5.74) is 3.88. The van der Waals surface area contributed by atoms with Crippen molar-refractivity contribution in [3.63, 3.8) is 0 Å². The van der Waals surface area contributed by atoms with Gasteiger partial charge in [0.1, 0.15) is 23.9 Å². The van der Waals surface area contributed by atoms with Crippen LogP contribution >= 0.6 is 0 Å². The second-order valence-electron chi connectivity index (χ2n) is 13.5. The first-order valence-corrected chi connectivity index (χ1v) is 16.0. The van der Waals surface area contributed by atoms with Crippen LogP contribution < -0.4 is 5.32 Å². The fourth-order valence-electron chi connectivity index (χ4n) is 5.98. The first-order valence-electron chi connectivity index (χ1n) is 16.0. The number of carbonyl (C=O) groups is 3. The van der Waals surface area contributed by atoms with E-state index >= 15 is 0 Å². The number of hydrogen-bond acceptors (Lipinski definition) is 4. The number of nitrogens with one attached hydrogen (secondary N) is 1. The molecule has 45 heavy (non-hydrogen) atoms. The van der Waals surface area contributed by atoms with Gasteiger partial charge in [-0.05, 0) is 73.8 Å². The van der Waals surface area contributed by atoms with Gasteiger partial charge in [0, 0.05) is 37.8 Å². The van der Waals surface area contributed by atoms with Crippen molar-refractivity contribution < 1.29 is 18.8 Å². The molecule has 3 amide bonds. The van der Waals surface area contributed by atoms with Crippen molar-refractivity contribution in [2.24, 2.45) is 11.3 Å². The van der Waals surface area contributed by atoms with Crippen molar-refractivity contribution in [3.8, 4) is 5.69 Å². The van der Waals surface area contributed by atoms with Crippen LogP contribution in [0.2, 0.25) is 0 Å². The van der Waals surface area contributed by atoms with Gasteiger partial charge in [-0.15, -0.1) is 0 Å². The molecule has 2 heterocycles. The van der Waals surface area contributed by atoms with E-state index in [1.54, 1.807) is 29.6 Å². The summed E-state index contributed by atoms with van der Waals surface area (Å²) in [6.07, 6.45) is 6.21. The molecular formula is C36H48FN5O3. The number of nitrogens with zero attached hydrogens (tertiary/aromatic N) is 4. The lowest BCUT2D eigenvalue weighted by Gasteiger charge is -2.37. The van der Waals surface area contributed by atoms with Gasteiger partial charge < -0.3 is 19.7 Å². The van der Waals surface area contributed by atoms with E-state index in [9.17, 15) is 18.8 Å². The number of aromatic nitrogens is 2. The third kappa shape index (κ3) is 8.18. The number of amides is 3. The maximum atomic E-state index is 14.1. The molecule has 1 fully saturated rings. The van der Waals surface area contributed by atoms with E-state index in [0.717, 1.165) is 35.2 Å². The van der Waals surface area contributed by atoms with Gasteiger partial charge in [-0.2, -0.15) is 0 Å². The van der Waals surface area contributed by atoms with E-state index in [4.69, 9.17) is 0 Å². The fourth-order valence-corrected chi connectivity index (χ4v) is 5.98. The summed E-state index contributed by atoms with van der Waals surface area (Å²) in [7, 11) is 0. The third-order valence-electron chi connectivity index (χ3n) is 8.92. The molecule has 1 aliphatic rings. The SMILES string of the molecule is CC[C@@H](C)C(=O)N[C@H](C(=O)N1CCC[C@H]1CN(CCc1ccc(F)cc1)C(=O)c1cn(-c2c(C)cccc2C)cn1)C(C)(C)C. The molecule has 3 aromatic rings. The lowest BCUT2D eigenvalue weighted by Crippen LogP contribution is -2.57. The molecule has 0 unspecified atom stereocenters. The Kier molecular flexibility index (Phi) is 10.8. The van der Waals surface area contributed by atoms with Crippen LogP contribution in [0, 0.1) is 31.0 Å². The normalized spacial score (nSPS) is 16.4. The Hall–Kier alpha value is -4.01. The van der Waals surface area contributed by atoms with Crippen molar-refractivity contribution in [2.45, 2.75) is 86.2 Å². The summed E-state index contributed by atoms with van der Waals surface area (Å²) >= 11 is 0. The van der Waals surface area contributed by atoms with E-state index in [1.807, 2.05) is 76.1 Å². The molecule has 0 bridgehead atoms. The van der Waals surface area contributed by atoms with Gasteiger partial charge in [-0.1, -0.05) is 65.0 Å². The molecule has 3 atom stereocenters. The average molecular weight is 618 g/mol. The van der Waals surface area contributed by atoms with Crippen LogP contribution in [0.5, 0.6) is 0 Å². The highest BCUT2D eigenvalue weighted by Crippen LogP contribution is 2.27. The maximum Gasteiger partial charge on any atom is 0.274 e. The zero-order valence-electron chi connectivity index (χ0n) is 27.8. The number of likely N-dealkylation sites (tertiary alicyclic amines) is 1. The van der Waals surface area contributed by atoms with E-state index in [2.05, 4.69) is 10.3 Å². The van der Waals surface area contributed by atoms with Crippen LogP contribution in [0.3, 0.4) is 0 Å². The van der Waals surface area contributed by atoms with Gasteiger partial charge in [-0.25, -0.2) is 9.37 Å². The molecule has 9 heteroatoms. The summed E-state index contributed by atoms with van der Waals surface area (Å²) < 4.78 is 15.5. The lowest BCUT2D eigenvalue weighted by atomic mass is 9.85. The van der Waals surface area contributed by atoms with Crippen molar-refractivity contribution in [1.29, 1.82) is 0 Å². The molecule has 0 spiro atoms. The van der Waals surface area contributed by atoms with Crippen molar-refractivity contribution >= 4 is 17.7 Å². The van der Waals surface area contributed by atoms with Gasteiger partial charge >= 0.3 is 0 Å². The number of imidazole rings is 1. The predicted octanol–water partition coefficient (Wildman–Crippen LogP) is 5.88. The van der Waals surface area contributed by atoms with E-state index in [1.165, 1.54) is 12.1 Å². The topological polar surface area (TPSA) is 87.5 Å². The van der Waals surface area contributed by atoms with Gasteiger partial charge in [0.25, 0.3) is 5.91 Å². The number of hydrogen-bond donors (Lipinski definition) is 1. The van der Waals surface area contributed by atoms with Crippen LogP contribution in [-0.4, -0.2) is 68.8 Å². The summed E-state index contributed by atoms with van der Waals surface area (Å²) in [5, 5.41) is 3.03. The largest absolute Gasteiger partial charge is 0.344 e. The van der Waals surface area contributed by atoms with Gasteiger partial charge in [-0.3, -0.25) is 14.4 Å². The molecule has 0 saturated carbocycles. The first kappa shape index (κ1) is 33.9.